The van der Waals surface area contributed by atoms with Crippen LogP contribution in [0.5, 0.6) is 11.5 Å². The van der Waals surface area contributed by atoms with Gasteiger partial charge in [0, 0.05) is 30.8 Å². The van der Waals surface area contributed by atoms with E-state index in [1.807, 2.05) is 19.1 Å². The normalized spacial score (nSPS) is 13.8. The van der Waals surface area contributed by atoms with E-state index in [4.69, 9.17) is 9.47 Å². The van der Waals surface area contributed by atoms with Crippen LogP contribution in [0.2, 0.25) is 0 Å². The lowest BCUT2D eigenvalue weighted by Gasteiger charge is -2.18. The van der Waals surface area contributed by atoms with Crippen LogP contribution < -0.4 is 14.8 Å². The smallest absolute Gasteiger partial charge is 0.220 e. The third-order valence-electron chi connectivity index (χ3n) is 4.01. The number of carbonyl (C=O) groups is 2. The van der Waals surface area contributed by atoms with Crippen molar-refractivity contribution in [3.8, 4) is 11.5 Å². The number of pyridine rings is 1. The first-order valence-corrected chi connectivity index (χ1v) is 8.25. The van der Waals surface area contributed by atoms with Gasteiger partial charge in [-0.05, 0) is 36.8 Å². The molecule has 6 heteroatoms. The number of hydrogen-bond acceptors (Lipinski definition) is 5. The van der Waals surface area contributed by atoms with E-state index in [2.05, 4.69) is 10.3 Å². The van der Waals surface area contributed by atoms with Crippen molar-refractivity contribution in [1.29, 1.82) is 0 Å². The molecule has 3 rings (SSSR count). The molecule has 0 saturated heterocycles. The van der Waals surface area contributed by atoms with Crippen LogP contribution in [0.4, 0.5) is 0 Å². The molecule has 1 aromatic carbocycles. The molecule has 0 fully saturated rings. The largest absolute Gasteiger partial charge is 0.486 e. The highest BCUT2D eigenvalue weighted by Gasteiger charge is 2.16. The molecule has 25 heavy (non-hydrogen) atoms. The van der Waals surface area contributed by atoms with E-state index in [-0.39, 0.29) is 30.6 Å². The van der Waals surface area contributed by atoms with Crippen molar-refractivity contribution in [2.75, 3.05) is 13.2 Å². The molecule has 1 aromatic heterocycles. The van der Waals surface area contributed by atoms with Crippen LogP contribution in [0.25, 0.3) is 0 Å². The van der Waals surface area contributed by atoms with Gasteiger partial charge in [0.05, 0.1) is 6.04 Å². The van der Waals surface area contributed by atoms with Crippen LogP contribution >= 0.6 is 0 Å². The Morgan fingerprint density at radius 3 is 2.72 bits per heavy atom. The Morgan fingerprint density at radius 2 is 1.96 bits per heavy atom. The van der Waals surface area contributed by atoms with Crippen molar-refractivity contribution in [1.82, 2.24) is 10.3 Å². The lowest BCUT2D eigenvalue weighted by Crippen LogP contribution is -2.27. The summed E-state index contributed by atoms with van der Waals surface area (Å²) < 4.78 is 10.9. The van der Waals surface area contributed by atoms with E-state index in [9.17, 15) is 9.59 Å². The number of rotatable bonds is 6. The van der Waals surface area contributed by atoms with Gasteiger partial charge in [-0.25, -0.2) is 0 Å². The summed E-state index contributed by atoms with van der Waals surface area (Å²) >= 11 is 0. The van der Waals surface area contributed by atoms with Crippen molar-refractivity contribution in [3.05, 3.63) is 53.9 Å². The van der Waals surface area contributed by atoms with Gasteiger partial charge >= 0.3 is 0 Å². The third kappa shape index (κ3) is 4.35. The fourth-order valence-electron chi connectivity index (χ4n) is 2.62. The fourth-order valence-corrected chi connectivity index (χ4v) is 2.62. The Hall–Kier alpha value is -2.89. The minimum absolute atomic E-state index is 0.0962. The first-order chi connectivity index (χ1) is 12.1. The number of amides is 1. The SMILES string of the molecule is CC(NC(=O)CCC(=O)c1ccc2c(c1)OCCO2)c1cccnc1. The summed E-state index contributed by atoms with van der Waals surface area (Å²) in [5.41, 5.74) is 1.45. The topological polar surface area (TPSA) is 77.5 Å². The van der Waals surface area contributed by atoms with Gasteiger partial charge in [-0.2, -0.15) is 0 Å². The van der Waals surface area contributed by atoms with Gasteiger partial charge in [0.25, 0.3) is 0 Å². The van der Waals surface area contributed by atoms with Crippen molar-refractivity contribution < 1.29 is 19.1 Å². The molecule has 2 aromatic rings. The molecule has 0 aliphatic carbocycles. The molecule has 0 saturated carbocycles. The Kier molecular flexibility index (Phi) is 5.28. The minimum Gasteiger partial charge on any atom is -0.486 e. The summed E-state index contributed by atoms with van der Waals surface area (Å²) in [5.74, 6) is 0.959. The monoisotopic (exact) mass is 340 g/mol. The molecular weight excluding hydrogens is 320 g/mol. The highest BCUT2D eigenvalue weighted by Crippen LogP contribution is 2.31. The number of nitrogens with one attached hydrogen (secondary N) is 1. The third-order valence-corrected chi connectivity index (χ3v) is 4.01. The van der Waals surface area contributed by atoms with E-state index < -0.39 is 0 Å². The number of fused-ring (bicyclic) bond motifs is 1. The zero-order valence-corrected chi connectivity index (χ0v) is 14.0. The number of Topliss-reactive ketones (excluding diaryl/α,β-unsaturated/α-hetero) is 1. The van der Waals surface area contributed by atoms with Crippen LogP contribution in [0.3, 0.4) is 0 Å². The lowest BCUT2D eigenvalue weighted by atomic mass is 10.0. The highest BCUT2D eigenvalue weighted by molar-refractivity contribution is 5.98. The second-order valence-electron chi connectivity index (χ2n) is 5.86. The highest BCUT2D eigenvalue weighted by atomic mass is 16.6. The van der Waals surface area contributed by atoms with Crippen molar-refractivity contribution in [2.24, 2.45) is 0 Å². The Morgan fingerprint density at radius 1 is 1.16 bits per heavy atom. The summed E-state index contributed by atoms with van der Waals surface area (Å²) in [6.45, 7) is 2.87. The molecule has 2 heterocycles. The van der Waals surface area contributed by atoms with Gasteiger partial charge in [-0.1, -0.05) is 6.07 Å². The molecule has 1 aliphatic rings. The molecule has 0 bridgehead atoms. The fraction of sp³-hybridized carbons (Fsp3) is 0.316. The molecular formula is C19H20N2O4. The maximum atomic E-state index is 12.3. The van der Waals surface area contributed by atoms with Gasteiger partial charge < -0.3 is 14.8 Å². The van der Waals surface area contributed by atoms with Gasteiger partial charge in [0.1, 0.15) is 13.2 Å². The number of ether oxygens (including phenoxy) is 2. The molecule has 1 unspecified atom stereocenters. The van der Waals surface area contributed by atoms with E-state index in [0.29, 0.717) is 30.3 Å². The number of nitrogens with zero attached hydrogens (tertiary/aromatic N) is 1. The summed E-state index contributed by atoms with van der Waals surface area (Å²) in [6.07, 6.45) is 3.68. The number of carbonyl (C=O) groups excluding carboxylic acids is 2. The van der Waals surface area contributed by atoms with Crippen LogP contribution in [-0.4, -0.2) is 29.9 Å². The lowest BCUT2D eigenvalue weighted by molar-refractivity contribution is -0.121. The summed E-state index contributed by atoms with van der Waals surface area (Å²) in [7, 11) is 0. The summed E-state index contributed by atoms with van der Waals surface area (Å²) in [4.78, 5) is 28.4. The Balaban J connectivity index is 1.52. The van der Waals surface area contributed by atoms with Crippen LogP contribution in [0, 0.1) is 0 Å². The molecule has 1 aliphatic heterocycles. The first-order valence-electron chi connectivity index (χ1n) is 8.25. The maximum absolute atomic E-state index is 12.3. The average molecular weight is 340 g/mol. The maximum Gasteiger partial charge on any atom is 0.220 e. The molecule has 0 spiro atoms. The number of aromatic nitrogens is 1. The van der Waals surface area contributed by atoms with Crippen LogP contribution in [0.1, 0.15) is 41.7 Å². The first kappa shape index (κ1) is 17.0. The predicted octanol–water partition coefficient (Wildman–Crippen LogP) is 2.69. The van der Waals surface area contributed by atoms with Gasteiger partial charge in [0.2, 0.25) is 5.91 Å². The van der Waals surface area contributed by atoms with E-state index in [1.54, 1.807) is 30.6 Å². The standard InChI is InChI=1S/C19H20N2O4/c1-13(15-3-2-8-20-12-15)21-19(23)7-5-16(22)14-4-6-17-18(11-14)25-10-9-24-17/h2-4,6,8,11-13H,5,7,9-10H2,1H3,(H,21,23). The minimum atomic E-state index is -0.165. The molecule has 130 valence electrons. The second kappa shape index (κ2) is 7.79. The Labute approximate surface area is 146 Å². The molecule has 6 nitrogen and oxygen atoms in total. The zero-order chi connectivity index (χ0) is 17.6. The zero-order valence-electron chi connectivity index (χ0n) is 14.0. The summed E-state index contributed by atoms with van der Waals surface area (Å²) in [6, 6.07) is 8.68. The molecule has 1 N–H and O–H groups in total. The van der Waals surface area contributed by atoms with Crippen molar-refractivity contribution >= 4 is 11.7 Å². The predicted molar refractivity (Wildman–Crippen MR) is 91.8 cm³/mol. The van der Waals surface area contributed by atoms with E-state index >= 15 is 0 Å². The number of benzene rings is 1. The molecule has 1 amide bonds. The van der Waals surface area contributed by atoms with E-state index in [0.717, 1.165) is 5.56 Å². The van der Waals surface area contributed by atoms with Crippen molar-refractivity contribution in [2.45, 2.75) is 25.8 Å². The number of hydrogen-bond donors (Lipinski definition) is 1. The second-order valence-corrected chi connectivity index (χ2v) is 5.86. The van der Waals surface area contributed by atoms with Gasteiger partial charge in [-0.3, -0.25) is 14.6 Å². The summed E-state index contributed by atoms with van der Waals surface area (Å²) in [5, 5.41) is 2.88. The van der Waals surface area contributed by atoms with Crippen LogP contribution in [-0.2, 0) is 4.79 Å². The van der Waals surface area contributed by atoms with Crippen molar-refractivity contribution in [3.63, 3.8) is 0 Å². The molecule has 0 radical (unpaired) electrons. The van der Waals surface area contributed by atoms with Gasteiger partial charge in [0.15, 0.2) is 17.3 Å². The average Bonchev–Trinajstić information content (AvgIpc) is 2.66. The van der Waals surface area contributed by atoms with Gasteiger partial charge in [-0.15, -0.1) is 0 Å². The Bertz CT molecular complexity index is 761. The molecule has 1 atom stereocenters. The number of ketones is 1. The van der Waals surface area contributed by atoms with Crippen LogP contribution in [0.15, 0.2) is 42.7 Å². The quantitative estimate of drug-likeness (QED) is 0.818. The van der Waals surface area contributed by atoms with E-state index in [1.165, 1.54) is 0 Å².